The smallest absolute Gasteiger partial charge is 0.462 e. The summed E-state index contributed by atoms with van der Waals surface area (Å²) in [6.45, 7) is 3.02. The number of phosphoric acid groups is 2. The summed E-state index contributed by atoms with van der Waals surface area (Å²) in [4.78, 5) is 54.3. The SMILES string of the molecule is CCCCC/C=C\C/C=C\CCCCCCCC(=O)OC[C@H](COP(=O)(O)O[C@H]1C(O)C(O)C(O)[C@@H](OP(=O)(O)O)C1O)OC(=O)CCCCCCCC1OC1C/C=C\CCCCC. The third kappa shape index (κ3) is 27.1. The minimum absolute atomic E-state index is 0.0176. The number of ether oxygens (including phenoxy) is 3. The average Bonchev–Trinajstić information content (AvgIpc) is 4.01. The summed E-state index contributed by atoms with van der Waals surface area (Å²) >= 11 is 0. The van der Waals surface area contributed by atoms with E-state index >= 15 is 0 Å². The fourth-order valence-electron chi connectivity index (χ4n) is 7.30. The fourth-order valence-corrected chi connectivity index (χ4v) is 8.84. The van der Waals surface area contributed by atoms with E-state index in [0.29, 0.717) is 25.0 Å². The molecule has 1 saturated heterocycles. The van der Waals surface area contributed by atoms with Gasteiger partial charge in [-0.25, -0.2) is 9.13 Å². The van der Waals surface area contributed by atoms with E-state index in [9.17, 15) is 53.8 Å². The van der Waals surface area contributed by atoms with Crippen molar-refractivity contribution < 1.29 is 81.6 Å². The van der Waals surface area contributed by atoms with Gasteiger partial charge in [0.2, 0.25) is 0 Å². The zero-order valence-corrected chi connectivity index (χ0v) is 39.9. The van der Waals surface area contributed by atoms with Crippen LogP contribution in [0.4, 0.5) is 0 Å². The number of esters is 2. The highest BCUT2D eigenvalue weighted by molar-refractivity contribution is 7.47. The van der Waals surface area contributed by atoms with Crippen molar-refractivity contribution in [1.82, 2.24) is 0 Å². The van der Waals surface area contributed by atoms with Gasteiger partial charge in [-0.05, 0) is 70.6 Å². The second-order valence-electron chi connectivity index (χ2n) is 16.9. The Balaban J connectivity index is 1.81. The first kappa shape index (κ1) is 58.3. The topological polar surface area (TPSA) is 269 Å². The minimum Gasteiger partial charge on any atom is -0.462 e. The van der Waals surface area contributed by atoms with Crippen molar-refractivity contribution in [2.45, 2.75) is 223 Å². The summed E-state index contributed by atoms with van der Waals surface area (Å²) in [6, 6.07) is 0. The van der Waals surface area contributed by atoms with E-state index in [1.54, 1.807) is 0 Å². The van der Waals surface area contributed by atoms with Crippen LogP contribution in [0.2, 0.25) is 0 Å². The number of unbranched alkanes of at least 4 members (excludes halogenated alkanes) is 15. The molecule has 64 heavy (non-hydrogen) atoms. The lowest BCUT2D eigenvalue weighted by molar-refractivity contribution is -0.216. The summed E-state index contributed by atoms with van der Waals surface area (Å²) < 4.78 is 55.2. The Hall–Kier alpha value is -1.82. The van der Waals surface area contributed by atoms with Crippen molar-refractivity contribution in [3.63, 3.8) is 0 Å². The van der Waals surface area contributed by atoms with E-state index in [-0.39, 0.29) is 12.8 Å². The second-order valence-corrected chi connectivity index (χ2v) is 19.5. The molecule has 1 aliphatic carbocycles. The molecule has 0 spiro atoms. The van der Waals surface area contributed by atoms with E-state index in [4.69, 9.17) is 23.3 Å². The van der Waals surface area contributed by atoms with Crippen molar-refractivity contribution in [2.24, 2.45) is 0 Å². The lowest BCUT2D eigenvalue weighted by Crippen LogP contribution is -2.64. The summed E-state index contributed by atoms with van der Waals surface area (Å²) in [5.74, 6) is -1.24. The first-order valence-corrected chi connectivity index (χ1v) is 26.7. The summed E-state index contributed by atoms with van der Waals surface area (Å²) in [6.07, 6.45) is 21.2. The van der Waals surface area contributed by atoms with Gasteiger partial charge < -0.3 is 49.3 Å². The first-order valence-electron chi connectivity index (χ1n) is 23.7. The Kier molecular flexibility index (Phi) is 30.6. The van der Waals surface area contributed by atoms with Crippen molar-refractivity contribution in [2.75, 3.05) is 13.2 Å². The molecule has 10 atom stereocenters. The highest BCUT2D eigenvalue weighted by Crippen LogP contribution is 2.49. The van der Waals surface area contributed by atoms with Crippen molar-refractivity contribution in [3.8, 4) is 0 Å². The van der Waals surface area contributed by atoms with Gasteiger partial charge in [-0.15, -0.1) is 0 Å². The number of aliphatic hydroxyl groups is 4. The molecule has 0 aromatic rings. The molecule has 0 amide bonds. The maximum atomic E-state index is 13.0. The van der Waals surface area contributed by atoms with Crippen LogP contribution in [0.25, 0.3) is 0 Å². The number of aliphatic hydroxyl groups excluding tert-OH is 4. The predicted molar refractivity (Wildman–Crippen MR) is 241 cm³/mol. The van der Waals surface area contributed by atoms with Gasteiger partial charge in [0.1, 0.15) is 43.2 Å². The Morgan fingerprint density at radius 2 is 1.09 bits per heavy atom. The van der Waals surface area contributed by atoms with Crippen LogP contribution >= 0.6 is 15.6 Å². The number of epoxide rings is 1. The van der Waals surface area contributed by atoms with Crippen LogP contribution in [-0.2, 0) is 46.5 Å². The van der Waals surface area contributed by atoms with Gasteiger partial charge >= 0.3 is 27.6 Å². The van der Waals surface area contributed by atoms with Crippen LogP contribution < -0.4 is 0 Å². The normalized spacial score (nSPS) is 25.3. The Labute approximate surface area is 380 Å². The third-order valence-electron chi connectivity index (χ3n) is 11.1. The minimum atomic E-state index is -5.37. The third-order valence-corrected chi connectivity index (χ3v) is 12.6. The monoisotopic (exact) mass is 954 g/mol. The van der Waals surface area contributed by atoms with Crippen LogP contribution in [0.5, 0.6) is 0 Å². The molecule has 19 heteroatoms. The van der Waals surface area contributed by atoms with Crippen molar-refractivity contribution >= 4 is 27.6 Å². The quantitative estimate of drug-likeness (QED) is 0.0103. The van der Waals surface area contributed by atoms with E-state index in [1.807, 2.05) is 0 Å². The molecule has 0 radical (unpaired) electrons. The molecule has 2 rings (SSSR count). The molecule has 1 saturated carbocycles. The van der Waals surface area contributed by atoms with Gasteiger partial charge in [0.05, 0.1) is 18.8 Å². The molecule has 17 nitrogen and oxygen atoms in total. The van der Waals surface area contributed by atoms with Gasteiger partial charge in [0.25, 0.3) is 0 Å². The van der Waals surface area contributed by atoms with Crippen LogP contribution in [0, 0.1) is 0 Å². The van der Waals surface area contributed by atoms with Crippen LogP contribution in [0.15, 0.2) is 36.5 Å². The Bertz CT molecular complexity index is 1450. The highest BCUT2D eigenvalue weighted by atomic mass is 31.2. The fraction of sp³-hybridized carbons (Fsp3) is 0.822. The molecular weight excluding hydrogens is 874 g/mol. The van der Waals surface area contributed by atoms with E-state index in [0.717, 1.165) is 89.9 Å². The number of phosphoric ester groups is 2. The number of carbonyl (C=O) groups excluding carboxylic acids is 2. The summed E-state index contributed by atoms with van der Waals surface area (Å²) in [5.41, 5.74) is 0. The summed E-state index contributed by atoms with van der Waals surface area (Å²) in [7, 11) is -10.7. The molecule has 0 aromatic carbocycles. The standard InChI is InChI=1S/C45H80O17P2/c1-3-5-7-9-11-12-13-14-15-16-17-18-19-23-27-31-38(46)57-33-35(34-58-64(55,56)62-45-42(50)40(48)41(49)44(43(45)51)61-63(52,53)54)59-39(47)32-28-24-20-22-26-30-37-36(60-37)29-25-21-10-8-6-4-2/h11-12,14-15,21,25,35-37,40-45,48-51H,3-10,13,16-20,22-24,26-34H2,1-2H3,(H,55,56)(H2,52,53,54)/b12-11-,15-14-,25-21-/t35-,36?,37?,40?,41?,42?,43?,44-,45+/m1/s1. The molecule has 7 N–H and O–H groups in total. The van der Waals surface area contributed by atoms with Crippen LogP contribution in [0.3, 0.4) is 0 Å². The number of rotatable bonds is 38. The van der Waals surface area contributed by atoms with E-state index in [1.165, 1.54) is 38.5 Å². The second kappa shape index (κ2) is 33.6. The Morgan fingerprint density at radius 3 is 1.69 bits per heavy atom. The van der Waals surface area contributed by atoms with Gasteiger partial charge in [-0.3, -0.25) is 23.2 Å². The van der Waals surface area contributed by atoms with Crippen molar-refractivity contribution in [1.29, 1.82) is 0 Å². The lowest BCUT2D eigenvalue weighted by Gasteiger charge is -2.43. The van der Waals surface area contributed by atoms with Crippen molar-refractivity contribution in [3.05, 3.63) is 36.5 Å². The first-order chi connectivity index (χ1) is 30.6. The van der Waals surface area contributed by atoms with E-state index < -0.39 is 83.5 Å². The highest BCUT2D eigenvalue weighted by Gasteiger charge is 2.54. The molecule has 7 unspecified atom stereocenters. The summed E-state index contributed by atoms with van der Waals surface area (Å²) in [5, 5.41) is 41.2. The zero-order valence-electron chi connectivity index (χ0n) is 38.2. The van der Waals surface area contributed by atoms with E-state index in [2.05, 4.69) is 54.8 Å². The van der Waals surface area contributed by atoms with Gasteiger partial charge in [-0.2, -0.15) is 0 Å². The van der Waals surface area contributed by atoms with Gasteiger partial charge in [-0.1, -0.05) is 121 Å². The van der Waals surface area contributed by atoms with Gasteiger partial charge in [0.15, 0.2) is 6.10 Å². The average molecular weight is 955 g/mol. The molecule has 1 heterocycles. The molecule has 0 aromatic heterocycles. The molecule has 2 aliphatic rings. The largest absolute Gasteiger partial charge is 0.472 e. The number of hydrogen-bond donors (Lipinski definition) is 7. The molecular formula is C45H80O17P2. The van der Waals surface area contributed by atoms with Gasteiger partial charge in [0, 0.05) is 12.8 Å². The van der Waals surface area contributed by atoms with Crippen LogP contribution in [-0.4, -0.2) is 115 Å². The Morgan fingerprint density at radius 1 is 0.578 bits per heavy atom. The molecule has 2 fully saturated rings. The molecule has 0 bridgehead atoms. The lowest BCUT2D eigenvalue weighted by atomic mass is 9.85. The van der Waals surface area contributed by atoms with Crippen LogP contribution in [0.1, 0.15) is 168 Å². The number of allylic oxidation sites excluding steroid dienone is 5. The zero-order chi connectivity index (χ0) is 47.2. The number of carbonyl (C=O) groups is 2. The number of hydrogen-bond acceptors (Lipinski definition) is 14. The molecule has 1 aliphatic heterocycles. The maximum absolute atomic E-state index is 13.0. The molecule has 372 valence electrons. The maximum Gasteiger partial charge on any atom is 0.472 e. The predicted octanol–water partition coefficient (Wildman–Crippen LogP) is 7.72.